The van der Waals surface area contributed by atoms with E-state index in [1.54, 1.807) is 24.5 Å². The standard InChI is InChI=1S/C10H8ClN3O2/c1-16-9(15)8-4-6(5-13-8)7-2-3-12-10(11)14-7/h2-5,13H,1H3. The second kappa shape index (κ2) is 4.32. The molecule has 0 saturated carbocycles. The van der Waals surface area contributed by atoms with Gasteiger partial charge in [0.2, 0.25) is 5.28 Å². The fourth-order valence-electron chi connectivity index (χ4n) is 1.27. The number of ether oxygens (including phenoxy) is 1. The van der Waals surface area contributed by atoms with E-state index in [1.807, 2.05) is 0 Å². The molecule has 2 aromatic rings. The van der Waals surface area contributed by atoms with E-state index in [-0.39, 0.29) is 5.28 Å². The van der Waals surface area contributed by atoms with Gasteiger partial charge in [-0.3, -0.25) is 0 Å². The Labute approximate surface area is 96.4 Å². The van der Waals surface area contributed by atoms with Crippen LogP contribution in [0, 0.1) is 0 Å². The summed E-state index contributed by atoms with van der Waals surface area (Å²) in [5, 5.41) is 0.165. The van der Waals surface area contributed by atoms with Crippen molar-refractivity contribution in [2.75, 3.05) is 7.11 Å². The second-order valence-electron chi connectivity index (χ2n) is 3.00. The van der Waals surface area contributed by atoms with Gasteiger partial charge in [0.25, 0.3) is 0 Å². The van der Waals surface area contributed by atoms with Gasteiger partial charge in [-0.25, -0.2) is 14.8 Å². The summed E-state index contributed by atoms with van der Waals surface area (Å²) in [6.07, 6.45) is 3.21. The van der Waals surface area contributed by atoms with Gasteiger partial charge in [0.05, 0.1) is 12.8 Å². The molecule has 1 N–H and O–H groups in total. The normalized spacial score (nSPS) is 10.1. The lowest BCUT2D eigenvalue weighted by molar-refractivity contribution is 0.0595. The third-order valence-corrected chi connectivity index (χ3v) is 2.19. The van der Waals surface area contributed by atoms with Gasteiger partial charge in [-0.2, -0.15) is 0 Å². The molecule has 0 saturated heterocycles. The van der Waals surface area contributed by atoms with E-state index in [9.17, 15) is 4.79 Å². The monoisotopic (exact) mass is 237 g/mol. The molecule has 2 rings (SSSR count). The Hall–Kier alpha value is -1.88. The number of carbonyl (C=O) groups excluding carboxylic acids is 1. The Bertz CT molecular complexity index is 524. The highest BCUT2D eigenvalue weighted by Crippen LogP contribution is 2.18. The molecule has 5 nitrogen and oxygen atoms in total. The topological polar surface area (TPSA) is 67.9 Å². The Morgan fingerprint density at radius 2 is 2.38 bits per heavy atom. The van der Waals surface area contributed by atoms with Gasteiger partial charge in [-0.05, 0) is 23.7 Å². The lowest BCUT2D eigenvalue weighted by Gasteiger charge is -1.95. The van der Waals surface area contributed by atoms with Crippen molar-refractivity contribution in [3.8, 4) is 11.3 Å². The van der Waals surface area contributed by atoms with Crippen LogP contribution < -0.4 is 0 Å². The predicted octanol–water partition coefficient (Wildman–Crippen LogP) is 1.91. The summed E-state index contributed by atoms with van der Waals surface area (Å²) in [6.45, 7) is 0. The van der Waals surface area contributed by atoms with Crippen molar-refractivity contribution in [3.63, 3.8) is 0 Å². The number of nitrogens with zero attached hydrogens (tertiary/aromatic N) is 2. The molecular weight excluding hydrogens is 230 g/mol. The van der Waals surface area contributed by atoms with Crippen LogP contribution in [0.5, 0.6) is 0 Å². The van der Waals surface area contributed by atoms with Crippen molar-refractivity contribution in [3.05, 3.63) is 35.5 Å². The summed E-state index contributed by atoms with van der Waals surface area (Å²) in [4.78, 5) is 21.8. The van der Waals surface area contributed by atoms with Crippen LogP contribution >= 0.6 is 11.6 Å². The van der Waals surface area contributed by atoms with Crippen LogP contribution in [0.25, 0.3) is 11.3 Å². The van der Waals surface area contributed by atoms with Crippen LogP contribution in [0.15, 0.2) is 24.5 Å². The van der Waals surface area contributed by atoms with Crippen LogP contribution in [0.2, 0.25) is 5.28 Å². The minimum Gasteiger partial charge on any atom is -0.464 e. The molecule has 0 fully saturated rings. The molecule has 82 valence electrons. The third kappa shape index (κ3) is 2.04. The van der Waals surface area contributed by atoms with Crippen molar-refractivity contribution in [2.45, 2.75) is 0 Å². The zero-order valence-electron chi connectivity index (χ0n) is 8.40. The van der Waals surface area contributed by atoms with E-state index >= 15 is 0 Å². The zero-order valence-corrected chi connectivity index (χ0v) is 9.15. The van der Waals surface area contributed by atoms with Crippen molar-refractivity contribution < 1.29 is 9.53 Å². The first kappa shape index (κ1) is 10.6. The van der Waals surface area contributed by atoms with E-state index < -0.39 is 5.97 Å². The number of hydrogen-bond acceptors (Lipinski definition) is 4. The quantitative estimate of drug-likeness (QED) is 0.640. The van der Waals surface area contributed by atoms with Crippen LogP contribution in [-0.2, 0) is 4.74 Å². The first-order chi connectivity index (χ1) is 7.70. The number of methoxy groups -OCH3 is 1. The molecule has 0 aliphatic heterocycles. The Balaban J connectivity index is 2.35. The molecule has 0 unspecified atom stereocenters. The molecule has 2 aromatic heterocycles. The predicted molar refractivity (Wildman–Crippen MR) is 58.2 cm³/mol. The number of nitrogens with one attached hydrogen (secondary N) is 1. The molecule has 0 bridgehead atoms. The first-order valence-electron chi connectivity index (χ1n) is 4.46. The molecule has 0 aliphatic carbocycles. The second-order valence-corrected chi connectivity index (χ2v) is 3.34. The van der Waals surface area contributed by atoms with Crippen LogP contribution in [0.4, 0.5) is 0 Å². The summed E-state index contributed by atoms with van der Waals surface area (Å²) in [6, 6.07) is 3.35. The molecule has 2 heterocycles. The fourth-order valence-corrected chi connectivity index (χ4v) is 1.41. The SMILES string of the molecule is COC(=O)c1cc(-c2ccnc(Cl)n2)c[nH]1. The highest BCUT2D eigenvalue weighted by Gasteiger charge is 2.10. The summed E-state index contributed by atoms with van der Waals surface area (Å²) in [5.41, 5.74) is 1.77. The summed E-state index contributed by atoms with van der Waals surface area (Å²) in [7, 11) is 1.32. The van der Waals surface area contributed by atoms with E-state index in [1.165, 1.54) is 7.11 Å². The zero-order chi connectivity index (χ0) is 11.5. The van der Waals surface area contributed by atoms with E-state index in [0.717, 1.165) is 5.56 Å². The Morgan fingerprint density at radius 3 is 3.06 bits per heavy atom. The van der Waals surface area contributed by atoms with Gasteiger partial charge in [-0.1, -0.05) is 0 Å². The van der Waals surface area contributed by atoms with Gasteiger partial charge in [-0.15, -0.1) is 0 Å². The van der Waals surface area contributed by atoms with Crippen molar-refractivity contribution >= 4 is 17.6 Å². The summed E-state index contributed by atoms with van der Waals surface area (Å²) >= 11 is 5.67. The largest absolute Gasteiger partial charge is 0.464 e. The minimum absolute atomic E-state index is 0.165. The summed E-state index contributed by atoms with van der Waals surface area (Å²) in [5.74, 6) is -0.425. The van der Waals surface area contributed by atoms with Gasteiger partial charge >= 0.3 is 5.97 Å². The number of aromatic amines is 1. The smallest absolute Gasteiger partial charge is 0.354 e. The van der Waals surface area contributed by atoms with Crippen molar-refractivity contribution in [1.82, 2.24) is 15.0 Å². The highest BCUT2D eigenvalue weighted by molar-refractivity contribution is 6.28. The van der Waals surface area contributed by atoms with Gasteiger partial charge in [0.15, 0.2) is 0 Å². The average Bonchev–Trinajstić information content (AvgIpc) is 2.77. The number of esters is 1. The molecule has 0 aromatic carbocycles. The molecule has 0 amide bonds. The molecule has 0 radical (unpaired) electrons. The highest BCUT2D eigenvalue weighted by atomic mass is 35.5. The Kier molecular flexibility index (Phi) is 2.87. The average molecular weight is 238 g/mol. The van der Waals surface area contributed by atoms with Crippen LogP contribution in [0.3, 0.4) is 0 Å². The lowest BCUT2D eigenvalue weighted by Crippen LogP contribution is -2.00. The number of carbonyl (C=O) groups is 1. The number of aromatic nitrogens is 3. The molecule has 6 heteroatoms. The van der Waals surface area contributed by atoms with Crippen molar-refractivity contribution in [1.29, 1.82) is 0 Å². The molecule has 0 aliphatic rings. The van der Waals surface area contributed by atoms with Crippen molar-refractivity contribution in [2.24, 2.45) is 0 Å². The van der Waals surface area contributed by atoms with E-state index in [2.05, 4.69) is 19.7 Å². The number of halogens is 1. The first-order valence-corrected chi connectivity index (χ1v) is 4.84. The maximum absolute atomic E-state index is 11.2. The maximum Gasteiger partial charge on any atom is 0.354 e. The summed E-state index contributed by atoms with van der Waals surface area (Å²) < 4.78 is 4.58. The van der Waals surface area contributed by atoms with Gasteiger partial charge < -0.3 is 9.72 Å². The number of hydrogen-bond donors (Lipinski definition) is 1. The fraction of sp³-hybridized carbons (Fsp3) is 0.100. The van der Waals surface area contributed by atoms with E-state index in [4.69, 9.17) is 11.6 Å². The maximum atomic E-state index is 11.2. The van der Waals surface area contributed by atoms with Gasteiger partial charge in [0, 0.05) is 18.0 Å². The minimum atomic E-state index is -0.425. The molecule has 0 spiro atoms. The Morgan fingerprint density at radius 1 is 1.56 bits per heavy atom. The van der Waals surface area contributed by atoms with Crippen LogP contribution in [0.1, 0.15) is 10.5 Å². The van der Waals surface area contributed by atoms with Gasteiger partial charge in [0.1, 0.15) is 5.69 Å². The lowest BCUT2D eigenvalue weighted by atomic mass is 10.2. The number of rotatable bonds is 2. The molecule has 0 atom stereocenters. The van der Waals surface area contributed by atoms with Crippen LogP contribution in [-0.4, -0.2) is 28.0 Å². The molecular formula is C10H8ClN3O2. The van der Waals surface area contributed by atoms with E-state index in [0.29, 0.717) is 11.4 Å². The third-order valence-electron chi connectivity index (χ3n) is 2.01. The number of H-pyrrole nitrogens is 1. The molecule has 16 heavy (non-hydrogen) atoms.